The first kappa shape index (κ1) is 34.2. The molecular formula is C36H54BN3O4. The van der Waals surface area contributed by atoms with Gasteiger partial charge in [0, 0.05) is 38.0 Å². The van der Waals surface area contributed by atoms with Crippen molar-refractivity contribution < 1.29 is 18.9 Å². The van der Waals surface area contributed by atoms with Crippen molar-refractivity contribution in [3.8, 4) is 0 Å². The van der Waals surface area contributed by atoms with E-state index in [1.807, 2.05) is 32.9 Å². The van der Waals surface area contributed by atoms with Gasteiger partial charge in [0.1, 0.15) is 5.54 Å². The van der Waals surface area contributed by atoms with Crippen LogP contribution < -0.4 is 10.6 Å². The zero-order valence-electron chi connectivity index (χ0n) is 28.2. The van der Waals surface area contributed by atoms with E-state index < -0.39 is 11.1 Å². The number of amides is 2. The molecule has 1 heterocycles. The molecule has 240 valence electrons. The highest BCUT2D eigenvalue weighted by Crippen LogP contribution is 2.43. The van der Waals surface area contributed by atoms with E-state index in [9.17, 15) is 9.59 Å². The van der Waals surface area contributed by atoms with Crippen LogP contribution in [0, 0.1) is 11.8 Å². The van der Waals surface area contributed by atoms with Crippen LogP contribution >= 0.6 is 0 Å². The number of hydrogen-bond donors (Lipinski definition) is 2. The molecule has 1 aliphatic heterocycles. The summed E-state index contributed by atoms with van der Waals surface area (Å²) in [5.74, 6) is -0.0814. The lowest BCUT2D eigenvalue weighted by atomic mass is 9.64. The van der Waals surface area contributed by atoms with Crippen molar-refractivity contribution in [3.63, 3.8) is 0 Å². The summed E-state index contributed by atoms with van der Waals surface area (Å²) in [6, 6.07) is 21.0. The Bertz CT molecular complexity index is 1190. The molecule has 0 spiro atoms. The third-order valence-corrected chi connectivity index (χ3v) is 9.61. The van der Waals surface area contributed by atoms with Gasteiger partial charge in [-0.1, -0.05) is 67.1 Å². The third kappa shape index (κ3) is 8.73. The zero-order chi connectivity index (χ0) is 32.2. The van der Waals surface area contributed by atoms with Gasteiger partial charge in [0.2, 0.25) is 11.8 Å². The molecule has 2 N–H and O–H groups in total. The summed E-state index contributed by atoms with van der Waals surface area (Å²) in [5, 5.41) is 6.50. The van der Waals surface area contributed by atoms with Crippen LogP contribution in [-0.2, 0) is 32.0 Å². The van der Waals surface area contributed by atoms with Crippen LogP contribution in [0.1, 0.15) is 92.2 Å². The molecule has 1 saturated heterocycles. The van der Waals surface area contributed by atoms with Gasteiger partial charge in [-0.05, 0) is 91.1 Å². The first-order valence-corrected chi connectivity index (χ1v) is 16.4. The molecule has 7 nitrogen and oxygen atoms in total. The zero-order valence-corrected chi connectivity index (χ0v) is 28.2. The first-order valence-electron chi connectivity index (χ1n) is 16.4. The number of rotatable bonds is 11. The van der Waals surface area contributed by atoms with Crippen LogP contribution in [0.2, 0.25) is 6.32 Å². The summed E-state index contributed by atoms with van der Waals surface area (Å²) in [4.78, 5) is 29.7. The van der Waals surface area contributed by atoms with Crippen molar-refractivity contribution in [2.45, 2.75) is 123 Å². The van der Waals surface area contributed by atoms with Crippen LogP contribution in [0.4, 0.5) is 0 Å². The quantitative estimate of drug-likeness (QED) is 0.292. The Kier molecular flexibility index (Phi) is 10.7. The number of benzene rings is 2. The Morgan fingerprint density at radius 3 is 1.89 bits per heavy atom. The van der Waals surface area contributed by atoms with Crippen LogP contribution in [0.3, 0.4) is 0 Å². The molecule has 0 bridgehead atoms. The first-order chi connectivity index (χ1) is 20.6. The van der Waals surface area contributed by atoms with E-state index in [-0.39, 0.29) is 42.0 Å². The molecule has 2 fully saturated rings. The topological polar surface area (TPSA) is 79.9 Å². The van der Waals surface area contributed by atoms with Crippen LogP contribution in [-0.4, -0.2) is 52.7 Å². The molecule has 4 rings (SSSR count). The van der Waals surface area contributed by atoms with Gasteiger partial charge in [-0.15, -0.1) is 0 Å². The highest BCUT2D eigenvalue weighted by Gasteiger charge is 2.53. The van der Waals surface area contributed by atoms with Gasteiger partial charge in [-0.3, -0.25) is 14.5 Å². The van der Waals surface area contributed by atoms with E-state index in [1.54, 1.807) is 0 Å². The van der Waals surface area contributed by atoms with Gasteiger partial charge in [-0.2, -0.15) is 0 Å². The predicted octanol–water partition coefficient (Wildman–Crippen LogP) is 6.38. The van der Waals surface area contributed by atoms with Crippen molar-refractivity contribution in [1.29, 1.82) is 0 Å². The SMILES string of the molecule is CC(=O)N[C@]1(C(=O)NC(C)(C)C)C[C@H](CCB2OC(C)(C)C(C)(C)O2)CC[C@H]1CN(Cc1ccccc1)Cc1ccccc1. The predicted molar refractivity (Wildman–Crippen MR) is 178 cm³/mol. The number of hydrogen-bond acceptors (Lipinski definition) is 5. The van der Waals surface area contributed by atoms with Crippen molar-refractivity contribution >= 4 is 18.9 Å². The minimum Gasteiger partial charge on any atom is -0.403 e. The molecule has 2 aliphatic rings. The maximum atomic E-state index is 14.4. The summed E-state index contributed by atoms with van der Waals surface area (Å²) in [6.07, 6.45) is 4.03. The number of nitrogens with zero attached hydrogens (tertiary/aromatic N) is 1. The monoisotopic (exact) mass is 603 g/mol. The summed E-state index contributed by atoms with van der Waals surface area (Å²) in [5.41, 5.74) is 0.249. The molecule has 2 aromatic carbocycles. The molecule has 0 radical (unpaired) electrons. The Labute approximate surface area is 266 Å². The molecule has 1 saturated carbocycles. The molecule has 8 heteroatoms. The minimum atomic E-state index is -1.02. The standard InChI is InChI=1S/C36H54BN3O4/c1-27(41)38-36(32(42)39-33(2,3)4)23-28(21-22-37-43-34(5,6)35(7,8)44-37)19-20-31(36)26-40(24-29-15-11-9-12-16-29)25-30-17-13-10-14-18-30/h9-18,28,31H,19-26H2,1-8H3,(H,38,41)(H,39,42)/t28-,31-,36+/m0/s1. The van der Waals surface area contributed by atoms with E-state index in [0.29, 0.717) is 13.0 Å². The van der Waals surface area contributed by atoms with Crippen molar-refractivity contribution in [2.75, 3.05) is 6.54 Å². The molecule has 2 amide bonds. The fourth-order valence-electron chi connectivity index (χ4n) is 6.79. The lowest BCUT2D eigenvalue weighted by Crippen LogP contribution is -2.68. The van der Waals surface area contributed by atoms with Gasteiger partial charge in [-0.25, -0.2) is 0 Å². The van der Waals surface area contributed by atoms with Crippen molar-refractivity contribution in [1.82, 2.24) is 15.5 Å². The van der Waals surface area contributed by atoms with Gasteiger partial charge in [0.05, 0.1) is 11.2 Å². The van der Waals surface area contributed by atoms with Crippen LogP contribution in [0.5, 0.6) is 0 Å². The number of nitrogens with one attached hydrogen (secondary N) is 2. The van der Waals surface area contributed by atoms with Crippen LogP contribution in [0.15, 0.2) is 60.7 Å². The normalized spacial score (nSPS) is 24.7. The van der Waals surface area contributed by atoms with Gasteiger partial charge >= 0.3 is 7.12 Å². The average Bonchev–Trinajstić information content (AvgIpc) is 3.14. The second-order valence-electron chi connectivity index (χ2n) is 15.1. The molecule has 2 aromatic rings. The van der Waals surface area contributed by atoms with E-state index in [1.165, 1.54) is 18.1 Å². The Balaban J connectivity index is 1.61. The smallest absolute Gasteiger partial charge is 0.403 e. The summed E-state index contributed by atoms with van der Waals surface area (Å²) in [7, 11) is -0.275. The molecule has 0 aromatic heterocycles. The molecule has 0 unspecified atom stereocenters. The minimum absolute atomic E-state index is 0.0609. The molecular weight excluding hydrogens is 549 g/mol. The lowest BCUT2D eigenvalue weighted by molar-refractivity contribution is -0.140. The molecule has 1 aliphatic carbocycles. The van der Waals surface area contributed by atoms with Crippen molar-refractivity contribution in [2.24, 2.45) is 11.8 Å². The number of carbonyl (C=O) groups excluding carboxylic acids is 2. The second-order valence-corrected chi connectivity index (χ2v) is 15.1. The summed E-state index contributed by atoms with van der Waals surface area (Å²) >= 11 is 0. The van der Waals surface area contributed by atoms with Crippen LogP contribution in [0.25, 0.3) is 0 Å². The Morgan fingerprint density at radius 2 is 1.41 bits per heavy atom. The van der Waals surface area contributed by atoms with E-state index in [0.717, 1.165) is 38.7 Å². The largest absolute Gasteiger partial charge is 0.457 e. The molecule has 44 heavy (non-hydrogen) atoms. The van der Waals surface area contributed by atoms with Gasteiger partial charge < -0.3 is 19.9 Å². The average molecular weight is 604 g/mol. The van der Waals surface area contributed by atoms with Crippen molar-refractivity contribution in [3.05, 3.63) is 71.8 Å². The molecule has 3 atom stereocenters. The second kappa shape index (κ2) is 13.8. The summed E-state index contributed by atoms with van der Waals surface area (Å²) in [6.45, 7) is 18.0. The summed E-state index contributed by atoms with van der Waals surface area (Å²) < 4.78 is 12.6. The Morgan fingerprint density at radius 1 is 0.886 bits per heavy atom. The highest BCUT2D eigenvalue weighted by atomic mass is 16.7. The van der Waals surface area contributed by atoms with E-state index in [2.05, 4.69) is 91.8 Å². The highest BCUT2D eigenvalue weighted by molar-refractivity contribution is 6.45. The Hall–Kier alpha value is -2.68. The third-order valence-electron chi connectivity index (χ3n) is 9.61. The fourth-order valence-corrected chi connectivity index (χ4v) is 6.79. The van der Waals surface area contributed by atoms with E-state index >= 15 is 0 Å². The van der Waals surface area contributed by atoms with Gasteiger partial charge in [0.25, 0.3) is 0 Å². The van der Waals surface area contributed by atoms with E-state index in [4.69, 9.17) is 9.31 Å². The maximum absolute atomic E-state index is 14.4. The number of carbonyl (C=O) groups is 2. The maximum Gasteiger partial charge on any atom is 0.457 e. The fraction of sp³-hybridized carbons (Fsp3) is 0.611. The lowest BCUT2D eigenvalue weighted by Gasteiger charge is -2.48. The van der Waals surface area contributed by atoms with Gasteiger partial charge in [0.15, 0.2) is 0 Å².